The van der Waals surface area contributed by atoms with E-state index in [1.807, 2.05) is 45.0 Å². The Hall–Kier alpha value is -2.16. The zero-order chi connectivity index (χ0) is 15.4. The number of hydrogen-bond donors (Lipinski definition) is 2. The molecule has 2 aromatic rings. The number of hydrogen-bond acceptors (Lipinski definition) is 3. The summed E-state index contributed by atoms with van der Waals surface area (Å²) in [5, 5.41) is 10.3. The lowest BCUT2D eigenvalue weighted by Gasteiger charge is -2.25. The van der Waals surface area contributed by atoms with Gasteiger partial charge in [0.25, 0.3) is 0 Å². The maximum atomic E-state index is 10.3. The first-order valence-electron chi connectivity index (χ1n) is 7.20. The van der Waals surface area contributed by atoms with Gasteiger partial charge in [0.2, 0.25) is 0 Å². The van der Waals surface area contributed by atoms with Crippen molar-refractivity contribution >= 4 is 5.69 Å². The lowest BCUT2D eigenvalue weighted by atomic mass is 9.88. The van der Waals surface area contributed by atoms with Gasteiger partial charge in [0.15, 0.2) is 0 Å². The molecule has 3 nitrogen and oxygen atoms in total. The van der Waals surface area contributed by atoms with Gasteiger partial charge in [0, 0.05) is 17.7 Å². The zero-order valence-corrected chi connectivity index (χ0v) is 12.9. The number of nitrogens with two attached hydrogens (primary N) is 1. The minimum absolute atomic E-state index is 0.381. The SMILES string of the molecule is Cc1c(C)c2c(c(C)c1O)CC(C)(c1cccc(N)c1)O2. The molecule has 3 rings (SSSR count). The van der Waals surface area contributed by atoms with Crippen LogP contribution in [0.5, 0.6) is 11.5 Å². The van der Waals surface area contributed by atoms with Crippen molar-refractivity contribution in [3.05, 3.63) is 52.1 Å². The fourth-order valence-corrected chi connectivity index (χ4v) is 3.15. The summed E-state index contributed by atoms with van der Waals surface area (Å²) in [4.78, 5) is 0. The van der Waals surface area contributed by atoms with Gasteiger partial charge < -0.3 is 15.6 Å². The van der Waals surface area contributed by atoms with Crippen molar-refractivity contribution in [2.75, 3.05) is 5.73 Å². The lowest BCUT2D eigenvalue weighted by molar-refractivity contribution is 0.115. The lowest BCUT2D eigenvalue weighted by Crippen LogP contribution is -2.27. The number of fused-ring (bicyclic) bond motifs is 1. The molecule has 0 radical (unpaired) electrons. The van der Waals surface area contributed by atoms with Gasteiger partial charge in [-0.3, -0.25) is 0 Å². The van der Waals surface area contributed by atoms with E-state index in [1.54, 1.807) is 0 Å². The first kappa shape index (κ1) is 13.8. The van der Waals surface area contributed by atoms with Crippen LogP contribution in [0.4, 0.5) is 5.69 Å². The van der Waals surface area contributed by atoms with Crippen molar-refractivity contribution in [1.29, 1.82) is 0 Å². The summed E-state index contributed by atoms with van der Waals surface area (Å²) in [6.45, 7) is 7.96. The van der Waals surface area contributed by atoms with Crippen LogP contribution in [0.25, 0.3) is 0 Å². The Bertz CT molecular complexity index is 697. The van der Waals surface area contributed by atoms with Crippen LogP contribution in [-0.2, 0) is 12.0 Å². The van der Waals surface area contributed by atoms with Gasteiger partial charge in [-0.05, 0) is 62.1 Å². The minimum Gasteiger partial charge on any atom is -0.507 e. The number of phenolic OH excluding ortho intramolecular Hbond substituents is 1. The number of benzene rings is 2. The van der Waals surface area contributed by atoms with Crippen LogP contribution in [0.2, 0.25) is 0 Å². The van der Waals surface area contributed by atoms with Crippen molar-refractivity contribution in [2.24, 2.45) is 0 Å². The van der Waals surface area contributed by atoms with Crippen LogP contribution >= 0.6 is 0 Å². The standard InChI is InChI=1S/C18H21NO2/c1-10-11(2)17-15(12(3)16(10)20)9-18(4,21-17)13-6-5-7-14(19)8-13/h5-8,20H,9,19H2,1-4H3. The smallest absolute Gasteiger partial charge is 0.135 e. The molecule has 1 heterocycles. The molecule has 0 spiro atoms. The van der Waals surface area contributed by atoms with Crippen molar-refractivity contribution in [3.63, 3.8) is 0 Å². The van der Waals surface area contributed by atoms with Gasteiger partial charge >= 0.3 is 0 Å². The normalized spacial score (nSPS) is 20.2. The van der Waals surface area contributed by atoms with Gasteiger partial charge in [-0.1, -0.05) is 12.1 Å². The molecule has 0 saturated heterocycles. The van der Waals surface area contributed by atoms with E-state index in [-0.39, 0.29) is 0 Å². The van der Waals surface area contributed by atoms with Gasteiger partial charge in [0.1, 0.15) is 17.1 Å². The third-order valence-electron chi connectivity index (χ3n) is 4.68. The second-order valence-electron chi connectivity index (χ2n) is 6.17. The average molecular weight is 283 g/mol. The topological polar surface area (TPSA) is 55.5 Å². The van der Waals surface area contributed by atoms with E-state index >= 15 is 0 Å². The summed E-state index contributed by atoms with van der Waals surface area (Å²) in [7, 11) is 0. The molecule has 0 aromatic heterocycles. The van der Waals surface area contributed by atoms with Crippen LogP contribution in [0.3, 0.4) is 0 Å². The number of phenols is 1. The highest BCUT2D eigenvalue weighted by Crippen LogP contribution is 2.48. The number of ether oxygens (including phenoxy) is 1. The van der Waals surface area contributed by atoms with Gasteiger partial charge in [0.05, 0.1) is 0 Å². The van der Waals surface area contributed by atoms with E-state index in [2.05, 4.69) is 6.92 Å². The zero-order valence-electron chi connectivity index (χ0n) is 12.9. The van der Waals surface area contributed by atoms with E-state index in [4.69, 9.17) is 10.5 Å². The molecule has 0 aliphatic carbocycles. The highest BCUT2D eigenvalue weighted by atomic mass is 16.5. The molecule has 110 valence electrons. The van der Waals surface area contributed by atoms with Crippen molar-refractivity contribution in [1.82, 2.24) is 0 Å². The average Bonchev–Trinajstić information content (AvgIpc) is 2.83. The Morgan fingerprint density at radius 3 is 2.52 bits per heavy atom. The molecule has 0 bridgehead atoms. The molecule has 2 aromatic carbocycles. The number of anilines is 1. The Morgan fingerprint density at radius 1 is 1.14 bits per heavy atom. The predicted molar refractivity (Wildman–Crippen MR) is 84.9 cm³/mol. The van der Waals surface area contributed by atoms with E-state index in [0.717, 1.165) is 45.7 Å². The number of aromatic hydroxyl groups is 1. The molecular formula is C18H21NO2. The molecule has 0 amide bonds. The molecule has 0 saturated carbocycles. The van der Waals surface area contributed by atoms with E-state index in [1.165, 1.54) is 0 Å². The quantitative estimate of drug-likeness (QED) is 0.784. The van der Waals surface area contributed by atoms with Crippen molar-refractivity contribution in [2.45, 2.75) is 39.7 Å². The third-order valence-corrected chi connectivity index (χ3v) is 4.68. The second-order valence-corrected chi connectivity index (χ2v) is 6.17. The van der Waals surface area contributed by atoms with E-state index in [0.29, 0.717) is 5.75 Å². The van der Waals surface area contributed by atoms with Gasteiger partial charge in [-0.2, -0.15) is 0 Å². The predicted octanol–water partition coefficient (Wildman–Crippen LogP) is 3.75. The summed E-state index contributed by atoms with van der Waals surface area (Å²) in [5.41, 5.74) is 11.2. The molecule has 0 fully saturated rings. The molecular weight excluding hydrogens is 262 g/mol. The van der Waals surface area contributed by atoms with Crippen LogP contribution in [0.15, 0.2) is 24.3 Å². The first-order valence-corrected chi connectivity index (χ1v) is 7.20. The van der Waals surface area contributed by atoms with Crippen molar-refractivity contribution < 1.29 is 9.84 Å². The highest BCUT2D eigenvalue weighted by Gasteiger charge is 2.39. The molecule has 21 heavy (non-hydrogen) atoms. The molecule has 1 unspecified atom stereocenters. The summed E-state index contributed by atoms with van der Waals surface area (Å²) in [6, 6.07) is 7.83. The van der Waals surface area contributed by atoms with Crippen LogP contribution in [0.1, 0.15) is 34.7 Å². The van der Waals surface area contributed by atoms with Crippen LogP contribution < -0.4 is 10.5 Å². The molecule has 1 aliphatic rings. The fraction of sp³-hybridized carbons (Fsp3) is 0.333. The Labute approximate surface area is 125 Å². The van der Waals surface area contributed by atoms with E-state index in [9.17, 15) is 5.11 Å². The third kappa shape index (κ3) is 1.96. The maximum absolute atomic E-state index is 10.3. The fourth-order valence-electron chi connectivity index (χ4n) is 3.15. The number of rotatable bonds is 1. The van der Waals surface area contributed by atoms with Gasteiger partial charge in [-0.15, -0.1) is 0 Å². The number of nitrogen functional groups attached to an aromatic ring is 1. The summed E-state index contributed by atoms with van der Waals surface area (Å²) in [6.07, 6.45) is 0.742. The molecule has 3 heteroatoms. The monoisotopic (exact) mass is 283 g/mol. The molecule has 1 aliphatic heterocycles. The van der Waals surface area contributed by atoms with Crippen molar-refractivity contribution in [3.8, 4) is 11.5 Å². The molecule has 3 N–H and O–H groups in total. The molecule has 1 atom stereocenters. The summed E-state index contributed by atoms with van der Waals surface area (Å²) >= 11 is 0. The summed E-state index contributed by atoms with van der Waals surface area (Å²) in [5.74, 6) is 1.29. The highest BCUT2D eigenvalue weighted by molar-refractivity contribution is 5.60. The first-order chi connectivity index (χ1) is 9.83. The Balaban J connectivity index is 2.13. The van der Waals surface area contributed by atoms with Gasteiger partial charge in [-0.25, -0.2) is 0 Å². The Morgan fingerprint density at radius 2 is 1.86 bits per heavy atom. The van der Waals surface area contributed by atoms with E-state index < -0.39 is 5.60 Å². The maximum Gasteiger partial charge on any atom is 0.135 e. The van der Waals surface area contributed by atoms with Crippen LogP contribution in [0, 0.1) is 20.8 Å². The summed E-state index contributed by atoms with van der Waals surface area (Å²) < 4.78 is 6.32. The second kappa shape index (κ2) is 4.42. The Kier molecular flexibility index (Phi) is 2.90. The minimum atomic E-state index is -0.437. The largest absolute Gasteiger partial charge is 0.507 e. The van der Waals surface area contributed by atoms with Crippen LogP contribution in [-0.4, -0.2) is 5.11 Å².